The number of rotatable bonds is 4. The second-order valence-corrected chi connectivity index (χ2v) is 7.53. The van der Waals surface area contributed by atoms with Gasteiger partial charge in [-0.1, -0.05) is 6.07 Å². The summed E-state index contributed by atoms with van der Waals surface area (Å²) in [4.78, 5) is 20.7. The predicted octanol–water partition coefficient (Wildman–Crippen LogP) is 2.36. The maximum atomic E-state index is 12.1. The molecule has 0 unspecified atom stereocenters. The summed E-state index contributed by atoms with van der Waals surface area (Å²) in [6.45, 7) is 9.82. The van der Waals surface area contributed by atoms with Gasteiger partial charge < -0.3 is 9.64 Å². The number of pyridine rings is 1. The van der Waals surface area contributed by atoms with Crippen LogP contribution in [0.25, 0.3) is 5.82 Å². The maximum Gasteiger partial charge on any atom is 0.410 e. The van der Waals surface area contributed by atoms with E-state index in [2.05, 4.69) is 21.0 Å². The van der Waals surface area contributed by atoms with Crippen LogP contribution in [-0.4, -0.2) is 69.0 Å². The largest absolute Gasteiger partial charge is 0.444 e. The second kappa shape index (κ2) is 7.86. The molecule has 1 amide bonds. The fourth-order valence-electron chi connectivity index (χ4n) is 2.87. The molecule has 140 valence electrons. The molecule has 0 spiro atoms. The van der Waals surface area contributed by atoms with Crippen molar-refractivity contribution < 1.29 is 9.53 Å². The van der Waals surface area contributed by atoms with Crippen LogP contribution in [0, 0.1) is 0 Å². The summed E-state index contributed by atoms with van der Waals surface area (Å²) >= 11 is 0. The quantitative estimate of drug-likeness (QED) is 0.841. The lowest BCUT2D eigenvalue weighted by molar-refractivity contribution is 0.0146. The molecule has 0 aliphatic carbocycles. The van der Waals surface area contributed by atoms with Gasteiger partial charge in [-0.2, -0.15) is 5.10 Å². The molecular weight excluding hydrogens is 330 g/mol. The minimum absolute atomic E-state index is 0.212. The molecule has 1 fully saturated rings. The molecule has 7 heteroatoms. The van der Waals surface area contributed by atoms with E-state index >= 15 is 0 Å². The topological polar surface area (TPSA) is 63.5 Å². The minimum atomic E-state index is -0.441. The SMILES string of the molecule is CC(C)(C)OC(=O)N1CCN(CCc2ccc(-n3cccn3)nc2)CC1. The molecule has 1 aliphatic heterocycles. The lowest BCUT2D eigenvalue weighted by Gasteiger charge is -2.35. The fraction of sp³-hybridized carbons (Fsp3) is 0.526. The molecular formula is C19H27N5O2. The van der Waals surface area contributed by atoms with Gasteiger partial charge in [0, 0.05) is 51.3 Å². The summed E-state index contributed by atoms with van der Waals surface area (Å²) in [7, 11) is 0. The zero-order chi connectivity index (χ0) is 18.6. The Balaban J connectivity index is 1.43. The van der Waals surface area contributed by atoms with Crippen LogP contribution in [0.2, 0.25) is 0 Å². The van der Waals surface area contributed by atoms with E-state index < -0.39 is 5.60 Å². The monoisotopic (exact) mass is 357 g/mol. The molecule has 0 bridgehead atoms. The van der Waals surface area contributed by atoms with Crippen LogP contribution >= 0.6 is 0 Å². The Hall–Kier alpha value is -2.41. The Morgan fingerprint density at radius 3 is 2.54 bits per heavy atom. The van der Waals surface area contributed by atoms with Gasteiger partial charge in [-0.15, -0.1) is 0 Å². The highest BCUT2D eigenvalue weighted by Crippen LogP contribution is 2.12. The number of piperazine rings is 1. The highest BCUT2D eigenvalue weighted by molar-refractivity contribution is 5.68. The van der Waals surface area contributed by atoms with E-state index in [0.717, 1.165) is 31.9 Å². The van der Waals surface area contributed by atoms with E-state index in [1.54, 1.807) is 15.8 Å². The van der Waals surface area contributed by atoms with Crippen molar-refractivity contribution in [2.75, 3.05) is 32.7 Å². The Bertz CT molecular complexity index is 699. The Labute approximate surface area is 154 Å². The average molecular weight is 357 g/mol. The Kier molecular flexibility index (Phi) is 5.56. The number of aromatic nitrogens is 3. The normalized spacial score (nSPS) is 15.9. The number of nitrogens with zero attached hydrogens (tertiary/aromatic N) is 5. The number of amides is 1. The van der Waals surface area contributed by atoms with E-state index in [1.807, 2.05) is 45.3 Å². The molecule has 7 nitrogen and oxygen atoms in total. The van der Waals surface area contributed by atoms with Crippen molar-refractivity contribution in [3.63, 3.8) is 0 Å². The first-order chi connectivity index (χ1) is 12.4. The molecule has 3 rings (SSSR count). The van der Waals surface area contributed by atoms with Crippen LogP contribution in [0.1, 0.15) is 26.3 Å². The zero-order valence-electron chi connectivity index (χ0n) is 15.8. The summed E-state index contributed by atoms with van der Waals surface area (Å²) < 4.78 is 7.19. The number of carbonyl (C=O) groups excluding carboxylic acids is 1. The van der Waals surface area contributed by atoms with E-state index in [1.165, 1.54) is 5.56 Å². The highest BCUT2D eigenvalue weighted by Gasteiger charge is 2.25. The van der Waals surface area contributed by atoms with Crippen molar-refractivity contribution in [1.29, 1.82) is 0 Å². The van der Waals surface area contributed by atoms with Gasteiger partial charge in [0.2, 0.25) is 0 Å². The first kappa shape index (κ1) is 18.4. The molecule has 26 heavy (non-hydrogen) atoms. The lowest BCUT2D eigenvalue weighted by atomic mass is 10.2. The second-order valence-electron chi connectivity index (χ2n) is 7.53. The third-order valence-electron chi connectivity index (χ3n) is 4.29. The predicted molar refractivity (Wildman–Crippen MR) is 99.3 cm³/mol. The number of carbonyl (C=O) groups is 1. The molecule has 2 aromatic heterocycles. The molecule has 0 aromatic carbocycles. The summed E-state index contributed by atoms with van der Waals surface area (Å²) in [5.41, 5.74) is 0.763. The summed E-state index contributed by atoms with van der Waals surface area (Å²) in [5, 5.41) is 4.18. The van der Waals surface area contributed by atoms with E-state index in [0.29, 0.717) is 13.1 Å². The van der Waals surface area contributed by atoms with Crippen molar-refractivity contribution in [2.45, 2.75) is 32.8 Å². The van der Waals surface area contributed by atoms with E-state index in [4.69, 9.17) is 4.74 Å². The molecule has 2 aromatic rings. The van der Waals surface area contributed by atoms with Gasteiger partial charge >= 0.3 is 6.09 Å². The van der Waals surface area contributed by atoms with Crippen LogP contribution in [0.3, 0.4) is 0 Å². The number of hydrogen-bond acceptors (Lipinski definition) is 5. The minimum Gasteiger partial charge on any atom is -0.444 e. The molecule has 0 atom stereocenters. The van der Waals surface area contributed by atoms with Crippen LogP contribution in [0.5, 0.6) is 0 Å². The van der Waals surface area contributed by atoms with Gasteiger partial charge in [-0.05, 0) is 44.9 Å². The lowest BCUT2D eigenvalue weighted by Crippen LogP contribution is -2.50. The molecule has 1 saturated heterocycles. The van der Waals surface area contributed by atoms with Gasteiger partial charge in [-0.3, -0.25) is 4.90 Å². The first-order valence-corrected chi connectivity index (χ1v) is 9.06. The first-order valence-electron chi connectivity index (χ1n) is 9.06. The number of hydrogen-bond donors (Lipinski definition) is 0. The molecule has 1 aliphatic rings. The summed E-state index contributed by atoms with van der Waals surface area (Å²) in [5.74, 6) is 0.824. The van der Waals surface area contributed by atoms with E-state index in [9.17, 15) is 4.79 Å². The fourth-order valence-corrected chi connectivity index (χ4v) is 2.87. The van der Waals surface area contributed by atoms with Crippen molar-refractivity contribution in [2.24, 2.45) is 0 Å². The standard InChI is InChI=1S/C19H27N5O2/c1-19(2,3)26-18(25)23-13-11-22(12-14-23)10-7-16-5-6-17(20-15-16)24-9-4-8-21-24/h4-6,8-9,15H,7,10-14H2,1-3H3. The summed E-state index contributed by atoms with van der Waals surface area (Å²) in [6, 6.07) is 5.97. The third kappa shape index (κ3) is 5.05. The average Bonchev–Trinajstić information content (AvgIpc) is 3.14. The molecule has 0 saturated carbocycles. The smallest absolute Gasteiger partial charge is 0.410 e. The highest BCUT2D eigenvalue weighted by atomic mass is 16.6. The van der Waals surface area contributed by atoms with Crippen molar-refractivity contribution in [3.8, 4) is 5.82 Å². The van der Waals surface area contributed by atoms with Crippen LogP contribution < -0.4 is 0 Å². The zero-order valence-corrected chi connectivity index (χ0v) is 15.8. The Morgan fingerprint density at radius 1 is 1.19 bits per heavy atom. The van der Waals surface area contributed by atoms with Crippen molar-refractivity contribution >= 4 is 6.09 Å². The van der Waals surface area contributed by atoms with Crippen LogP contribution in [0.15, 0.2) is 36.8 Å². The van der Waals surface area contributed by atoms with Gasteiger partial charge in [-0.25, -0.2) is 14.5 Å². The molecule has 0 N–H and O–H groups in total. The Morgan fingerprint density at radius 2 is 1.96 bits per heavy atom. The van der Waals surface area contributed by atoms with Gasteiger partial charge in [0.25, 0.3) is 0 Å². The van der Waals surface area contributed by atoms with Crippen LogP contribution in [0.4, 0.5) is 4.79 Å². The third-order valence-corrected chi connectivity index (χ3v) is 4.29. The van der Waals surface area contributed by atoms with Crippen LogP contribution in [-0.2, 0) is 11.2 Å². The van der Waals surface area contributed by atoms with Crippen molar-refractivity contribution in [3.05, 3.63) is 42.4 Å². The molecule has 3 heterocycles. The van der Waals surface area contributed by atoms with Gasteiger partial charge in [0.1, 0.15) is 5.60 Å². The van der Waals surface area contributed by atoms with Crippen molar-refractivity contribution in [1.82, 2.24) is 24.6 Å². The van der Waals surface area contributed by atoms with Gasteiger partial charge in [0.05, 0.1) is 0 Å². The number of ether oxygens (including phenoxy) is 1. The molecule has 0 radical (unpaired) electrons. The van der Waals surface area contributed by atoms with Gasteiger partial charge in [0.15, 0.2) is 5.82 Å². The maximum absolute atomic E-state index is 12.1. The van der Waals surface area contributed by atoms with E-state index in [-0.39, 0.29) is 6.09 Å². The summed E-state index contributed by atoms with van der Waals surface area (Å²) in [6.07, 6.45) is 6.27.